The van der Waals surface area contributed by atoms with Gasteiger partial charge in [-0.05, 0) is 47.1 Å². The number of nitrogens with zero attached hydrogens (tertiary/aromatic N) is 1. The molecular weight excluding hydrogens is 477 g/mol. The molecular formula is C28H20F5NO2. The number of hydrogen-bond acceptors (Lipinski definition) is 2. The van der Waals surface area contributed by atoms with Crippen molar-refractivity contribution in [2.24, 2.45) is 0 Å². The van der Waals surface area contributed by atoms with Crippen molar-refractivity contribution in [3.05, 3.63) is 100 Å². The van der Waals surface area contributed by atoms with Gasteiger partial charge in [0.05, 0.1) is 11.6 Å². The van der Waals surface area contributed by atoms with Crippen LogP contribution in [0.1, 0.15) is 41.9 Å². The zero-order chi connectivity index (χ0) is 25.1. The quantitative estimate of drug-likeness (QED) is 0.223. The zero-order valence-corrected chi connectivity index (χ0v) is 18.9. The van der Waals surface area contributed by atoms with Crippen LogP contribution in [-0.4, -0.2) is 29.7 Å². The maximum atomic E-state index is 14.4. The molecule has 184 valence electrons. The second-order valence-corrected chi connectivity index (χ2v) is 9.35. The lowest BCUT2D eigenvalue weighted by Gasteiger charge is -2.33. The van der Waals surface area contributed by atoms with E-state index in [1.807, 2.05) is 48.5 Å². The van der Waals surface area contributed by atoms with Crippen LogP contribution < -0.4 is 0 Å². The average Bonchev–Trinajstić information content (AvgIpc) is 3.36. The Kier molecular flexibility index (Phi) is 5.35. The number of ether oxygens (including phenoxy) is 1. The molecule has 1 fully saturated rings. The van der Waals surface area contributed by atoms with Crippen LogP contribution in [0.25, 0.3) is 16.7 Å². The fourth-order valence-corrected chi connectivity index (χ4v) is 5.86. The highest BCUT2D eigenvalue weighted by molar-refractivity contribution is 5.79. The van der Waals surface area contributed by atoms with Gasteiger partial charge in [-0.15, -0.1) is 0 Å². The second-order valence-electron chi connectivity index (χ2n) is 9.35. The molecule has 1 saturated heterocycles. The third-order valence-corrected chi connectivity index (χ3v) is 7.47. The molecule has 1 aliphatic carbocycles. The lowest BCUT2D eigenvalue weighted by Crippen LogP contribution is -2.43. The van der Waals surface area contributed by atoms with E-state index in [4.69, 9.17) is 4.74 Å². The summed E-state index contributed by atoms with van der Waals surface area (Å²) in [6.07, 6.45) is 1.87. The predicted molar refractivity (Wildman–Crippen MR) is 123 cm³/mol. The van der Waals surface area contributed by atoms with Crippen LogP contribution in [0, 0.1) is 29.1 Å². The summed E-state index contributed by atoms with van der Waals surface area (Å²) < 4.78 is 75.5. The number of amides is 1. The molecule has 8 heteroatoms. The van der Waals surface area contributed by atoms with Crippen molar-refractivity contribution in [1.82, 2.24) is 4.90 Å². The van der Waals surface area contributed by atoms with Crippen molar-refractivity contribution in [2.45, 2.75) is 37.3 Å². The monoisotopic (exact) mass is 497 g/mol. The number of carbonyl (C=O) groups excluding carboxylic acids is 1. The lowest BCUT2D eigenvalue weighted by molar-refractivity contribution is 0.0866. The van der Waals surface area contributed by atoms with E-state index >= 15 is 0 Å². The standard InChI is InChI=1S/C28H20F5NO2/c29-23-22(24(30)26(32)27(33)25(23)31)14-11-15-9-10-16(12-14)34(15)28(35)36-13-21-19-7-3-1-5-17(19)18-6-2-4-8-20(18)21/h1-8,11,15-16,21H,9-10,12-13H2. The molecule has 1 amide bonds. The fourth-order valence-electron chi connectivity index (χ4n) is 5.86. The molecule has 2 aliphatic heterocycles. The summed E-state index contributed by atoms with van der Waals surface area (Å²) in [5, 5.41) is 0. The number of fused-ring (bicyclic) bond motifs is 5. The largest absolute Gasteiger partial charge is 0.448 e. The Labute approximate surface area is 203 Å². The Hall–Kier alpha value is -3.68. The van der Waals surface area contributed by atoms with Crippen molar-refractivity contribution in [3.63, 3.8) is 0 Å². The van der Waals surface area contributed by atoms with E-state index in [0.29, 0.717) is 12.8 Å². The first kappa shape index (κ1) is 22.8. The molecule has 0 aromatic heterocycles. The molecule has 2 atom stereocenters. The van der Waals surface area contributed by atoms with Gasteiger partial charge in [0.1, 0.15) is 6.61 Å². The third-order valence-electron chi connectivity index (χ3n) is 7.47. The molecule has 0 spiro atoms. The van der Waals surface area contributed by atoms with E-state index < -0.39 is 52.8 Å². The lowest BCUT2D eigenvalue weighted by atomic mass is 9.93. The highest BCUT2D eigenvalue weighted by atomic mass is 19.2. The summed E-state index contributed by atoms with van der Waals surface area (Å²) in [7, 11) is 0. The number of halogens is 5. The van der Waals surface area contributed by atoms with Crippen LogP contribution in [-0.2, 0) is 4.74 Å². The topological polar surface area (TPSA) is 29.5 Å². The number of hydrogen-bond donors (Lipinski definition) is 0. The van der Waals surface area contributed by atoms with Crippen LogP contribution in [0.2, 0.25) is 0 Å². The average molecular weight is 497 g/mol. The molecule has 0 radical (unpaired) electrons. The normalized spacial score (nSPS) is 20.2. The van der Waals surface area contributed by atoms with Crippen molar-refractivity contribution in [3.8, 4) is 11.1 Å². The summed E-state index contributed by atoms with van der Waals surface area (Å²) in [5.41, 5.74) is 3.43. The molecule has 2 bridgehead atoms. The minimum absolute atomic E-state index is 0.0120. The molecule has 2 heterocycles. The predicted octanol–water partition coefficient (Wildman–Crippen LogP) is 6.95. The Morgan fingerprint density at radius 1 is 0.806 bits per heavy atom. The maximum Gasteiger partial charge on any atom is 0.410 e. The molecule has 36 heavy (non-hydrogen) atoms. The van der Waals surface area contributed by atoms with Crippen LogP contribution in [0.3, 0.4) is 0 Å². The van der Waals surface area contributed by atoms with Crippen LogP contribution in [0.5, 0.6) is 0 Å². The molecule has 3 aromatic rings. The minimum atomic E-state index is -2.19. The highest BCUT2D eigenvalue weighted by Gasteiger charge is 2.43. The number of rotatable bonds is 3. The van der Waals surface area contributed by atoms with Gasteiger partial charge in [-0.1, -0.05) is 54.6 Å². The van der Waals surface area contributed by atoms with Crippen LogP contribution in [0.15, 0.2) is 54.6 Å². The SMILES string of the molecule is O=C(OCC1c2ccccc2-c2ccccc21)N1C2C=C(c3c(F)c(F)c(F)c(F)c3F)CC1CC2. The van der Waals surface area contributed by atoms with Gasteiger partial charge >= 0.3 is 6.09 Å². The van der Waals surface area contributed by atoms with Crippen molar-refractivity contribution >= 4 is 11.7 Å². The Balaban J connectivity index is 1.24. The molecule has 3 aromatic carbocycles. The van der Waals surface area contributed by atoms with Gasteiger partial charge < -0.3 is 4.74 Å². The molecule has 3 aliphatic rings. The van der Waals surface area contributed by atoms with Gasteiger partial charge in [0.2, 0.25) is 5.82 Å². The van der Waals surface area contributed by atoms with E-state index in [-0.39, 0.29) is 24.5 Å². The first-order valence-corrected chi connectivity index (χ1v) is 11.7. The van der Waals surface area contributed by atoms with Gasteiger partial charge in [-0.2, -0.15) is 0 Å². The number of benzene rings is 3. The van der Waals surface area contributed by atoms with Crippen molar-refractivity contribution in [1.29, 1.82) is 0 Å². The fraction of sp³-hybridized carbons (Fsp3) is 0.250. The highest BCUT2D eigenvalue weighted by Crippen LogP contribution is 2.45. The third kappa shape index (κ3) is 3.34. The van der Waals surface area contributed by atoms with Crippen LogP contribution >= 0.6 is 0 Å². The van der Waals surface area contributed by atoms with Gasteiger partial charge in [0.15, 0.2) is 23.3 Å². The van der Waals surface area contributed by atoms with Gasteiger partial charge in [-0.25, -0.2) is 26.7 Å². The Morgan fingerprint density at radius 2 is 1.36 bits per heavy atom. The minimum Gasteiger partial charge on any atom is -0.448 e. The molecule has 6 rings (SSSR count). The van der Waals surface area contributed by atoms with Crippen LogP contribution in [0.4, 0.5) is 26.7 Å². The van der Waals surface area contributed by atoms with Crippen molar-refractivity contribution < 1.29 is 31.5 Å². The summed E-state index contributed by atoms with van der Waals surface area (Å²) in [6.45, 7) is 0.122. The maximum absolute atomic E-state index is 14.4. The zero-order valence-electron chi connectivity index (χ0n) is 18.9. The van der Waals surface area contributed by atoms with E-state index in [1.54, 1.807) is 0 Å². The van der Waals surface area contributed by atoms with Gasteiger partial charge in [0.25, 0.3) is 0 Å². The molecule has 0 N–H and O–H groups in total. The van der Waals surface area contributed by atoms with Gasteiger partial charge in [-0.3, -0.25) is 4.90 Å². The smallest absolute Gasteiger partial charge is 0.410 e. The first-order chi connectivity index (χ1) is 17.4. The van der Waals surface area contributed by atoms with Crippen molar-refractivity contribution in [2.75, 3.05) is 6.61 Å². The van der Waals surface area contributed by atoms with Gasteiger partial charge in [0, 0.05) is 12.0 Å². The first-order valence-electron chi connectivity index (χ1n) is 11.7. The number of carbonyl (C=O) groups is 1. The summed E-state index contributed by atoms with van der Waals surface area (Å²) in [4.78, 5) is 14.6. The van der Waals surface area contributed by atoms with E-state index in [1.165, 1.54) is 11.0 Å². The van der Waals surface area contributed by atoms with E-state index in [0.717, 1.165) is 22.3 Å². The summed E-state index contributed by atoms with van der Waals surface area (Å²) in [5.74, 6) is -9.97. The molecule has 0 saturated carbocycles. The van der Waals surface area contributed by atoms with E-state index in [9.17, 15) is 26.7 Å². The molecule has 3 nitrogen and oxygen atoms in total. The van der Waals surface area contributed by atoms with E-state index in [2.05, 4.69) is 0 Å². The Morgan fingerprint density at radius 3 is 1.94 bits per heavy atom. The Bertz CT molecular complexity index is 1360. The summed E-state index contributed by atoms with van der Waals surface area (Å²) in [6, 6.07) is 14.9. The molecule has 2 unspecified atom stereocenters. The summed E-state index contributed by atoms with van der Waals surface area (Å²) >= 11 is 0. The second kappa shape index (κ2) is 8.47.